The Hall–Kier alpha value is -3.22. The number of nitriles is 1. The smallest absolute Gasteiger partial charge is 0.313 e. The van der Waals surface area contributed by atoms with Gasteiger partial charge in [0.05, 0.1) is 16.1 Å². The van der Waals surface area contributed by atoms with Crippen LogP contribution in [-0.4, -0.2) is 43.7 Å². The SMILES string of the molecule is Cc1ccc(S(=O)(=O)N2CCC[C@H]2CNC(=O)C(=O)Nc2ccccc2C#N)cc1. The van der Waals surface area contributed by atoms with Crippen molar-refractivity contribution in [3.63, 3.8) is 0 Å². The van der Waals surface area contributed by atoms with Crippen molar-refractivity contribution in [2.24, 2.45) is 0 Å². The number of hydrogen-bond acceptors (Lipinski definition) is 5. The molecule has 0 radical (unpaired) electrons. The van der Waals surface area contributed by atoms with Gasteiger partial charge in [-0.15, -0.1) is 0 Å². The summed E-state index contributed by atoms with van der Waals surface area (Å²) in [7, 11) is -3.68. The first-order valence-electron chi connectivity index (χ1n) is 9.50. The Morgan fingerprint density at radius 1 is 1.13 bits per heavy atom. The molecule has 0 saturated carbocycles. The molecule has 1 aliphatic rings. The second-order valence-electron chi connectivity index (χ2n) is 7.05. The first kappa shape index (κ1) is 21.5. The number of nitrogens with one attached hydrogen (secondary N) is 2. The lowest BCUT2D eigenvalue weighted by atomic mass is 10.2. The summed E-state index contributed by atoms with van der Waals surface area (Å²) in [5.41, 5.74) is 1.44. The predicted octanol–water partition coefficient (Wildman–Crippen LogP) is 1.77. The van der Waals surface area contributed by atoms with Crippen molar-refractivity contribution >= 4 is 27.5 Å². The summed E-state index contributed by atoms with van der Waals surface area (Å²) in [6.07, 6.45) is 1.26. The van der Waals surface area contributed by atoms with Crippen LogP contribution in [0.15, 0.2) is 53.4 Å². The van der Waals surface area contributed by atoms with Crippen LogP contribution in [0, 0.1) is 18.3 Å². The summed E-state index contributed by atoms with van der Waals surface area (Å²) in [6.45, 7) is 2.26. The van der Waals surface area contributed by atoms with Crippen LogP contribution in [0.4, 0.5) is 5.69 Å². The molecule has 1 saturated heterocycles. The zero-order valence-corrected chi connectivity index (χ0v) is 17.3. The molecule has 2 aromatic rings. The fourth-order valence-electron chi connectivity index (χ4n) is 3.33. The van der Waals surface area contributed by atoms with Crippen molar-refractivity contribution < 1.29 is 18.0 Å². The molecule has 0 bridgehead atoms. The van der Waals surface area contributed by atoms with Crippen molar-refractivity contribution in [3.05, 3.63) is 59.7 Å². The van der Waals surface area contributed by atoms with Crippen molar-refractivity contribution in [1.82, 2.24) is 9.62 Å². The number of amides is 2. The maximum absolute atomic E-state index is 12.9. The molecule has 156 valence electrons. The molecule has 2 amide bonds. The van der Waals surface area contributed by atoms with Gasteiger partial charge in [0.25, 0.3) is 0 Å². The number of hydrogen-bond donors (Lipinski definition) is 2. The Morgan fingerprint density at radius 2 is 1.83 bits per heavy atom. The van der Waals surface area contributed by atoms with Gasteiger partial charge < -0.3 is 10.6 Å². The first-order valence-corrected chi connectivity index (χ1v) is 10.9. The lowest BCUT2D eigenvalue weighted by molar-refractivity contribution is -0.136. The maximum Gasteiger partial charge on any atom is 0.313 e. The van der Waals surface area contributed by atoms with Crippen LogP contribution in [0.2, 0.25) is 0 Å². The van der Waals surface area contributed by atoms with Crippen molar-refractivity contribution in [2.45, 2.75) is 30.7 Å². The molecule has 30 heavy (non-hydrogen) atoms. The molecule has 1 atom stereocenters. The quantitative estimate of drug-likeness (QED) is 0.706. The summed E-state index contributed by atoms with van der Waals surface area (Å²) in [5, 5.41) is 14.0. The number of para-hydroxylation sites is 1. The molecule has 0 unspecified atom stereocenters. The maximum atomic E-state index is 12.9. The van der Waals surface area contributed by atoms with E-state index in [-0.39, 0.29) is 22.7 Å². The monoisotopic (exact) mass is 426 g/mol. The van der Waals surface area contributed by atoms with E-state index in [0.29, 0.717) is 19.4 Å². The van der Waals surface area contributed by atoms with Crippen LogP contribution in [0.25, 0.3) is 0 Å². The van der Waals surface area contributed by atoms with E-state index in [2.05, 4.69) is 10.6 Å². The third-order valence-electron chi connectivity index (χ3n) is 4.95. The van der Waals surface area contributed by atoms with Crippen molar-refractivity contribution in [3.8, 4) is 6.07 Å². The van der Waals surface area contributed by atoms with Crippen molar-refractivity contribution in [1.29, 1.82) is 5.26 Å². The molecule has 8 nitrogen and oxygen atoms in total. The highest BCUT2D eigenvalue weighted by Gasteiger charge is 2.35. The van der Waals surface area contributed by atoms with E-state index in [1.54, 1.807) is 36.4 Å². The van der Waals surface area contributed by atoms with Gasteiger partial charge in [0, 0.05) is 19.1 Å². The number of carbonyl (C=O) groups excluding carboxylic acids is 2. The van der Waals surface area contributed by atoms with Crippen LogP contribution in [0.5, 0.6) is 0 Å². The fourth-order valence-corrected chi connectivity index (χ4v) is 5.03. The van der Waals surface area contributed by atoms with Gasteiger partial charge in [0.2, 0.25) is 10.0 Å². The molecule has 1 aliphatic heterocycles. The van der Waals surface area contributed by atoms with E-state index in [1.807, 2.05) is 13.0 Å². The number of nitrogens with zero attached hydrogens (tertiary/aromatic N) is 2. The molecular weight excluding hydrogens is 404 g/mol. The summed E-state index contributed by atoms with van der Waals surface area (Å²) in [5.74, 6) is -1.80. The minimum absolute atomic E-state index is 0.0250. The summed E-state index contributed by atoms with van der Waals surface area (Å²) in [6, 6.07) is 14.5. The minimum Gasteiger partial charge on any atom is -0.346 e. The molecular formula is C21H22N4O4S. The highest BCUT2D eigenvalue weighted by atomic mass is 32.2. The van der Waals surface area contributed by atoms with E-state index >= 15 is 0 Å². The van der Waals surface area contributed by atoms with Gasteiger partial charge in [-0.25, -0.2) is 8.42 Å². The van der Waals surface area contributed by atoms with Gasteiger partial charge in [-0.05, 0) is 44.0 Å². The molecule has 2 aromatic carbocycles. The van der Waals surface area contributed by atoms with Crippen LogP contribution in [0.3, 0.4) is 0 Å². The zero-order chi connectivity index (χ0) is 21.7. The average molecular weight is 426 g/mol. The van der Waals surface area contributed by atoms with Crippen LogP contribution < -0.4 is 10.6 Å². The second kappa shape index (κ2) is 9.07. The molecule has 1 heterocycles. The van der Waals surface area contributed by atoms with Gasteiger partial charge in [0.1, 0.15) is 6.07 Å². The Morgan fingerprint density at radius 3 is 2.53 bits per heavy atom. The molecule has 9 heteroatoms. The van der Waals surface area contributed by atoms with Crippen LogP contribution in [-0.2, 0) is 19.6 Å². The predicted molar refractivity (Wildman–Crippen MR) is 111 cm³/mol. The van der Waals surface area contributed by atoms with Crippen molar-refractivity contribution in [2.75, 3.05) is 18.4 Å². The molecule has 0 spiro atoms. The molecule has 3 rings (SSSR count). The van der Waals surface area contributed by atoms with E-state index < -0.39 is 27.9 Å². The Kier molecular flexibility index (Phi) is 6.50. The van der Waals surface area contributed by atoms with Gasteiger partial charge >= 0.3 is 11.8 Å². The minimum atomic E-state index is -3.68. The summed E-state index contributed by atoms with van der Waals surface area (Å²) in [4.78, 5) is 24.6. The van der Waals surface area contributed by atoms with Gasteiger partial charge in [-0.3, -0.25) is 9.59 Å². The Bertz CT molecular complexity index is 1090. The van der Waals surface area contributed by atoms with Gasteiger partial charge in [0.15, 0.2) is 0 Å². The number of aryl methyl sites for hydroxylation is 1. The fraction of sp³-hybridized carbons (Fsp3) is 0.286. The molecule has 0 aromatic heterocycles. The number of anilines is 1. The third-order valence-corrected chi connectivity index (χ3v) is 6.92. The Balaban J connectivity index is 1.63. The Labute approximate surface area is 175 Å². The normalized spacial score (nSPS) is 16.6. The number of benzene rings is 2. The molecule has 0 aliphatic carbocycles. The van der Waals surface area contributed by atoms with E-state index in [0.717, 1.165) is 5.56 Å². The molecule has 1 fully saturated rings. The largest absolute Gasteiger partial charge is 0.346 e. The summed E-state index contributed by atoms with van der Waals surface area (Å²) < 4.78 is 27.3. The first-order chi connectivity index (χ1) is 14.3. The lowest BCUT2D eigenvalue weighted by Gasteiger charge is -2.24. The highest BCUT2D eigenvalue weighted by molar-refractivity contribution is 7.89. The van der Waals surface area contributed by atoms with Crippen LogP contribution >= 0.6 is 0 Å². The third kappa shape index (κ3) is 4.67. The van der Waals surface area contributed by atoms with E-state index in [4.69, 9.17) is 5.26 Å². The van der Waals surface area contributed by atoms with Gasteiger partial charge in [-0.1, -0.05) is 29.8 Å². The van der Waals surface area contributed by atoms with Gasteiger partial charge in [-0.2, -0.15) is 9.57 Å². The highest BCUT2D eigenvalue weighted by Crippen LogP contribution is 2.26. The van der Waals surface area contributed by atoms with E-state index in [1.165, 1.54) is 16.4 Å². The average Bonchev–Trinajstić information content (AvgIpc) is 3.22. The lowest BCUT2D eigenvalue weighted by Crippen LogP contribution is -2.45. The number of sulfonamides is 1. The topological polar surface area (TPSA) is 119 Å². The summed E-state index contributed by atoms with van der Waals surface area (Å²) >= 11 is 0. The van der Waals surface area contributed by atoms with Crippen LogP contribution in [0.1, 0.15) is 24.0 Å². The zero-order valence-electron chi connectivity index (χ0n) is 16.5. The van der Waals surface area contributed by atoms with E-state index in [9.17, 15) is 18.0 Å². The number of carbonyl (C=O) groups is 2. The second-order valence-corrected chi connectivity index (χ2v) is 8.94. The number of rotatable bonds is 5. The standard InChI is InChI=1S/C21H22N4O4S/c1-15-8-10-18(11-9-15)30(28,29)25-12-4-6-17(25)14-23-20(26)21(27)24-19-7-3-2-5-16(19)13-22/h2-3,5,7-11,17H,4,6,12,14H2,1H3,(H,23,26)(H,24,27)/t17-/m0/s1. The molecule has 2 N–H and O–H groups in total.